The van der Waals surface area contributed by atoms with Crippen LogP contribution in [-0.2, 0) is 4.79 Å². The van der Waals surface area contributed by atoms with Gasteiger partial charge in [-0.1, -0.05) is 11.6 Å². The van der Waals surface area contributed by atoms with Crippen LogP contribution in [0.2, 0.25) is 5.02 Å². The largest absolute Gasteiger partial charge is 0.492 e. The number of hydrogen-bond acceptors (Lipinski definition) is 5. The van der Waals surface area contributed by atoms with Gasteiger partial charge in [0.1, 0.15) is 12.4 Å². The molecular weight excluding hydrogens is 342 g/mol. The molecule has 2 heterocycles. The average Bonchev–Trinajstić information content (AvgIpc) is 3.05. The molecule has 7 heteroatoms. The minimum atomic E-state index is -0.404. The third kappa shape index (κ3) is 5.57. The molecule has 2 aliphatic rings. The number of carbonyl (C=O) groups excluding carboxylic acids is 1. The molecule has 25 heavy (non-hydrogen) atoms. The van der Waals surface area contributed by atoms with Gasteiger partial charge in [0.15, 0.2) is 0 Å². The number of ether oxygens (including phenoxy) is 1. The van der Waals surface area contributed by atoms with Crippen molar-refractivity contribution in [3.63, 3.8) is 0 Å². The molecule has 0 spiro atoms. The third-order valence-electron chi connectivity index (χ3n) is 4.85. The molecule has 3 rings (SSSR count). The van der Waals surface area contributed by atoms with E-state index in [4.69, 9.17) is 16.3 Å². The molecule has 0 saturated carbocycles. The number of nitrogens with zero attached hydrogens (tertiary/aromatic N) is 1. The van der Waals surface area contributed by atoms with Crippen LogP contribution in [0, 0.1) is 0 Å². The summed E-state index contributed by atoms with van der Waals surface area (Å²) in [6.07, 6.45) is 2.00. The zero-order chi connectivity index (χ0) is 17.6. The van der Waals surface area contributed by atoms with Gasteiger partial charge in [-0.3, -0.25) is 9.69 Å². The number of benzene rings is 1. The standard InChI is InChI=1S/C18H26ClN3O3/c19-13-1-3-16(4-2-13)25-10-9-22-7-5-14(6-8-22)21-18(24)17-11-15(23)12-20-17/h1-4,14-15,17,20,23H,5-12H2,(H,21,24)/t15-,17+/m1/s1. The number of aliphatic hydroxyl groups is 1. The number of halogens is 1. The molecule has 138 valence electrons. The molecule has 0 unspecified atom stereocenters. The zero-order valence-corrected chi connectivity index (χ0v) is 15.0. The fourth-order valence-electron chi connectivity index (χ4n) is 3.34. The van der Waals surface area contributed by atoms with Gasteiger partial charge in [0, 0.05) is 37.2 Å². The van der Waals surface area contributed by atoms with Crippen LogP contribution in [0.3, 0.4) is 0 Å². The van der Waals surface area contributed by atoms with Gasteiger partial charge < -0.3 is 20.5 Å². The Kier molecular flexibility index (Phi) is 6.53. The van der Waals surface area contributed by atoms with E-state index >= 15 is 0 Å². The van der Waals surface area contributed by atoms with E-state index in [1.165, 1.54) is 0 Å². The maximum Gasteiger partial charge on any atom is 0.237 e. The van der Waals surface area contributed by atoms with Gasteiger partial charge in [0.2, 0.25) is 5.91 Å². The average molecular weight is 368 g/mol. The van der Waals surface area contributed by atoms with E-state index in [1.807, 2.05) is 24.3 Å². The normalized spacial score (nSPS) is 25.0. The van der Waals surface area contributed by atoms with Gasteiger partial charge in [-0.05, 0) is 43.5 Å². The minimum absolute atomic E-state index is 0.0149. The summed E-state index contributed by atoms with van der Waals surface area (Å²) in [6.45, 7) is 3.93. The number of amides is 1. The van der Waals surface area contributed by atoms with Crippen molar-refractivity contribution < 1.29 is 14.6 Å². The molecule has 0 aliphatic carbocycles. The van der Waals surface area contributed by atoms with Gasteiger partial charge in [0.05, 0.1) is 12.1 Å². The number of nitrogens with one attached hydrogen (secondary N) is 2. The lowest BCUT2D eigenvalue weighted by Crippen LogP contribution is -2.49. The first-order valence-corrected chi connectivity index (χ1v) is 9.30. The zero-order valence-electron chi connectivity index (χ0n) is 14.3. The van der Waals surface area contributed by atoms with E-state index in [9.17, 15) is 9.90 Å². The monoisotopic (exact) mass is 367 g/mol. The molecule has 2 atom stereocenters. The van der Waals surface area contributed by atoms with Crippen LogP contribution in [0.15, 0.2) is 24.3 Å². The molecule has 0 aromatic heterocycles. The van der Waals surface area contributed by atoms with Crippen molar-refractivity contribution in [2.75, 3.05) is 32.8 Å². The van der Waals surface area contributed by atoms with Crippen LogP contribution >= 0.6 is 11.6 Å². The van der Waals surface area contributed by atoms with Crippen molar-refractivity contribution in [1.29, 1.82) is 0 Å². The highest BCUT2D eigenvalue weighted by Gasteiger charge is 2.30. The maximum atomic E-state index is 12.2. The predicted octanol–water partition coefficient (Wildman–Crippen LogP) is 1.02. The van der Waals surface area contributed by atoms with Crippen molar-refractivity contribution in [2.24, 2.45) is 0 Å². The molecule has 1 amide bonds. The van der Waals surface area contributed by atoms with Gasteiger partial charge in [-0.2, -0.15) is 0 Å². The topological polar surface area (TPSA) is 73.8 Å². The molecular formula is C18H26ClN3O3. The Labute approximate surface area is 153 Å². The quantitative estimate of drug-likeness (QED) is 0.700. The second-order valence-corrected chi connectivity index (χ2v) is 7.21. The lowest BCUT2D eigenvalue weighted by atomic mass is 10.0. The second kappa shape index (κ2) is 8.85. The lowest BCUT2D eigenvalue weighted by molar-refractivity contribution is -0.124. The van der Waals surface area contributed by atoms with Crippen molar-refractivity contribution in [2.45, 2.75) is 37.5 Å². The summed E-state index contributed by atoms with van der Waals surface area (Å²) in [5, 5.41) is 16.4. The second-order valence-electron chi connectivity index (χ2n) is 6.78. The highest BCUT2D eigenvalue weighted by atomic mass is 35.5. The number of β-amino-alcohol motifs (C(OH)–C–C–N with tert-alkyl or cyclic N) is 1. The Morgan fingerprint density at radius 2 is 2.04 bits per heavy atom. The number of hydrogen-bond donors (Lipinski definition) is 3. The number of likely N-dealkylation sites (tertiary alicyclic amines) is 1. The smallest absolute Gasteiger partial charge is 0.237 e. The van der Waals surface area contributed by atoms with Crippen molar-refractivity contribution in [3.05, 3.63) is 29.3 Å². The summed E-state index contributed by atoms with van der Waals surface area (Å²) in [4.78, 5) is 14.5. The van der Waals surface area contributed by atoms with E-state index in [1.54, 1.807) is 0 Å². The molecule has 6 nitrogen and oxygen atoms in total. The van der Waals surface area contributed by atoms with Gasteiger partial charge in [-0.15, -0.1) is 0 Å². The first-order chi connectivity index (χ1) is 12.1. The van der Waals surface area contributed by atoms with Crippen LogP contribution < -0.4 is 15.4 Å². The van der Waals surface area contributed by atoms with E-state index < -0.39 is 6.10 Å². The highest BCUT2D eigenvalue weighted by Crippen LogP contribution is 2.16. The molecule has 0 bridgehead atoms. The van der Waals surface area contributed by atoms with Gasteiger partial charge in [0.25, 0.3) is 0 Å². The van der Waals surface area contributed by atoms with Gasteiger partial charge >= 0.3 is 0 Å². The summed E-state index contributed by atoms with van der Waals surface area (Å²) >= 11 is 5.86. The summed E-state index contributed by atoms with van der Waals surface area (Å²) < 4.78 is 5.73. The summed E-state index contributed by atoms with van der Waals surface area (Å²) in [6, 6.07) is 7.36. The highest BCUT2D eigenvalue weighted by molar-refractivity contribution is 6.30. The summed E-state index contributed by atoms with van der Waals surface area (Å²) in [5.41, 5.74) is 0. The summed E-state index contributed by atoms with van der Waals surface area (Å²) in [7, 11) is 0. The van der Waals surface area contributed by atoms with Crippen LogP contribution in [0.1, 0.15) is 19.3 Å². The Balaban J connectivity index is 1.32. The Morgan fingerprint density at radius 3 is 2.68 bits per heavy atom. The van der Waals surface area contributed by atoms with E-state index in [0.29, 0.717) is 24.6 Å². The lowest BCUT2D eigenvalue weighted by Gasteiger charge is -2.32. The fraction of sp³-hybridized carbons (Fsp3) is 0.611. The molecule has 2 fully saturated rings. The van der Waals surface area contributed by atoms with E-state index in [0.717, 1.165) is 38.2 Å². The third-order valence-corrected chi connectivity index (χ3v) is 5.10. The number of aliphatic hydroxyl groups excluding tert-OH is 1. The number of piperidine rings is 1. The van der Waals surface area contributed by atoms with Crippen molar-refractivity contribution >= 4 is 17.5 Å². The Morgan fingerprint density at radius 1 is 1.32 bits per heavy atom. The van der Waals surface area contributed by atoms with E-state index in [-0.39, 0.29) is 18.0 Å². The fourth-order valence-corrected chi connectivity index (χ4v) is 3.47. The van der Waals surface area contributed by atoms with Crippen LogP contribution in [0.4, 0.5) is 0 Å². The van der Waals surface area contributed by atoms with Crippen LogP contribution in [-0.4, -0.2) is 66.9 Å². The molecule has 2 aliphatic heterocycles. The first-order valence-electron chi connectivity index (χ1n) is 8.92. The van der Waals surface area contributed by atoms with Crippen molar-refractivity contribution in [3.8, 4) is 5.75 Å². The first kappa shape index (κ1) is 18.5. The Hall–Kier alpha value is -1.34. The molecule has 3 N–H and O–H groups in total. The summed E-state index contributed by atoms with van der Waals surface area (Å²) in [5.74, 6) is 0.846. The number of carbonyl (C=O) groups is 1. The molecule has 1 aromatic carbocycles. The van der Waals surface area contributed by atoms with Crippen LogP contribution in [0.5, 0.6) is 5.75 Å². The molecule has 1 aromatic rings. The van der Waals surface area contributed by atoms with Gasteiger partial charge in [-0.25, -0.2) is 0 Å². The molecule has 2 saturated heterocycles. The number of rotatable bonds is 6. The van der Waals surface area contributed by atoms with E-state index in [2.05, 4.69) is 15.5 Å². The SMILES string of the molecule is O=C(NC1CCN(CCOc2ccc(Cl)cc2)CC1)[C@@H]1C[C@@H](O)CN1. The molecule has 0 radical (unpaired) electrons. The Bertz CT molecular complexity index is 561. The predicted molar refractivity (Wildman–Crippen MR) is 97.0 cm³/mol. The van der Waals surface area contributed by atoms with Crippen molar-refractivity contribution in [1.82, 2.24) is 15.5 Å². The van der Waals surface area contributed by atoms with Crippen LogP contribution in [0.25, 0.3) is 0 Å². The minimum Gasteiger partial charge on any atom is -0.492 e. The maximum absolute atomic E-state index is 12.2.